The van der Waals surface area contributed by atoms with Crippen molar-refractivity contribution in [2.45, 2.75) is 12.6 Å². The molecule has 1 saturated heterocycles. The average molecular weight is 253 g/mol. The highest BCUT2D eigenvalue weighted by Crippen LogP contribution is 2.14. The van der Waals surface area contributed by atoms with E-state index in [4.69, 9.17) is 9.84 Å². The highest BCUT2D eigenvalue weighted by atomic mass is 19.1. The number of carboxylic acids is 1. The van der Waals surface area contributed by atoms with Gasteiger partial charge in [-0.1, -0.05) is 12.1 Å². The summed E-state index contributed by atoms with van der Waals surface area (Å²) in [6, 6.07) is 6.99. The number of hydrogen-bond acceptors (Lipinski definition) is 3. The molecule has 18 heavy (non-hydrogen) atoms. The van der Waals surface area contributed by atoms with Crippen molar-refractivity contribution in [1.82, 2.24) is 4.90 Å². The van der Waals surface area contributed by atoms with E-state index in [0.717, 1.165) is 12.1 Å². The fourth-order valence-corrected chi connectivity index (χ4v) is 1.86. The molecule has 5 heteroatoms. The van der Waals surface area contributed by atoms with Gasteiger partial charge in [0.15, 0.2) is 0 Å². The van der Waals surface area contributed by atoms with Crippen LogP contribution in [0.4, 0.5) is 4.39 Å². The van der Waals surface area contributed by atoms with Crippen LogP contribution in [0.1, 0.15) is 5.56 Å². The number of benzene rings is 1. The van der Waals surface area contributed by atoms with Gasteiger partial charge in [0.2, 0.25) is 0 Å². The number of halogens is 1. The molecule has 0 spiro atoms. The van der Waals surface area contributed by atoms with E-state index in [9.17, 15) is 9.18 Å². The van der Waals surface area contributed by atoms with E-state index in [1.54, 1.807) is 24.3 Å². The van der Waals surface area contributed by atoms with E-state index in [2.05, 4.69) is 0 Å². The molecule has 4 nitrogen and oxygen atoms in total. The van der Waals surface area contributed by atoms with Gasteiger partial charge in [0.05, 0.1) is 6.42 Å². The van der Waals surface area contributed by atoms with Crippen LogP contribution in [-0.2, 0) is 11.2 Å². The van der Waals surface area contributed by atoms with Crippen molar-refractivity contribution in [1.29, 1.82) is 0 Å². The van der Waals surface area contributed by atoms with Crippen LogP contribution in [0.15, 0.2) is 24.3 Å². The molecular formula is C13H16FNO3. The first kappa shape index (κ1) is 12.8. The Morgan fingerprint density at radius 1 is 1.39 bits per heavy atom. The molecule has 1 aromatic carbocycles. The average Bonchev–Trinajstić information content (AvgIpc) is 2.28. The van der Waals surface area contributed by atoms with Gasteiger partial charge < -0.3 is 9.84 Å². The maximum Gasteiger partial charge on any atom is 0.307 e. The van der Waals surface area contributed by atoms with Crippen molar-refractivity contribution in [3.8, 4) is 5.75 Å². The molecular weight excluding hydrogens is 237 g/mol. The lowest BCUT2D eigenvalue weighted by Crippen LogP contribution is -2.49. The zero-order valence-electron chi connectivity index (χ0n) is 10.0. The van der Waals surface area contributed by atoms with Crippen LogP contribution < -0.4 is 4.74 Å². The fourth-order valence-electron chi connectivity index (χ4n) is 1.86. The second-order valence-corrected chi connectivity index (χ2v) is 4.42. The van der Waals surface area contributed by atoms with Gasteiger partial charge in [-0.15, -0.1) is 0 Å². The van der Waals surface area contributed by atoms with Crippen molar-refractivity contribution in [3.05, 3.63) is 29.8 Å². The molecule has 1 N–H and O–H groups in total. The maximum absolute atomic E-state index is 12.5. The molecule has 0 atom stereocenters. The quantitative estimate of drug-likeness (QED) is 0.831. The minimum absolute atomic E-state index is 0.0198. The third kappa shape index (κ3) is 3.70. The van der Waals surface area contributed by atoms with Crippen molar-refractivity contribution in [2.75, 3.05) is 26.2 Å². The summed E-state index contributed by atoms with van der Waals surface area (Å²) in [5, 5.41) is 8.63. The number of nitrogens with zero attached hydrogens (tertiary/aromatic N) is 1. The van der Waals surface area contributed by atoms with Gasteiger partial charge in [-0.25, -0.2) is 4.39 Å². The number of aliphatic carboxylic acids is 1. The first-order valence-electron chi connectivity index (χ1n) is 5.93. The Labute approximate surface area is 105 Å². The predicted molar refractivity (Wildman–Crippen MR) is 64.6 cm³/mol. The Morgan fingerprint density at radius 3 is 2.61 bits per heavy atom. The molecule has 1 aliphatic heterocycles. The molecule has 0 aromatic heterocycles. The van der Waals surface area contributed by atoms with Gasteiger partial charge >= 0.3 is 5.97 Å². The number of likely N-dealkylation sites (tertiary alicyclic amines) is 1. The molecule has 98 valence electrons. The monoisotopic (exact) mass is 253 g/mol. The second-order valence-electron chi connectivity index (χ2n) is 4.42. The smallest absolute Gasteiger partial charge is 0.307 e. The number of ether oxygens (including phenoxy) is 1. The highest BCUT2D eigenvalue weighted by Gasteiger charge is 2.25. The molecule has 0 amide bonds. The molecule has 0 bridgehead atoms. The van der Waals surface area contributed by atoms with Crippen LogP contribution in [0.2, 0.25) is 0 Å². The molecule has 2 rings (SSSR count). The van der Waals surface area contributed by atoms with Gasteiger partial charge in [0.25, 0.3) is 0 Å². The summed E-state index contributed by atoms with van der Waals surface area (Å²) in [6.07, 6.45) is -0.660. The Hall–Kier alpha value is -1.62. The van der Waals surface area contributed by atoms with Gasteiger partial charge in [0, 0.05) is 19.6 Å². The van der Waals surface area contributed by atoms with Crippen LogP contribution in [0.25, 0.3) is 0 Å². The topological polar surface area (TPSA) is 49.8 Å². The van der Waals surface area contributed by atoms with E-state index >= 15 is 0 Å². The summed E-state index contributed by atoms with van der Waals surface area (Å²) in [6.45, 7) is 2.24. The minimum Gasteiger partial charge on any atom is -0.492 e. The van der Waals surface area contributed by atoms with Crippen LogP contribution in [0.3, 0.4) is 0 Å². The van der Waals surface area contributed by atoms with E-state index in [0.29, 0.717) is 25.4 Å². The highest BCUT2D eigenvalue weighted by molar-refractivity contribution is 5.70. The largest absolute Gasteiger partial charge is 0.492 e. The van der Waals surface area contributed by atoms with Gasteiger partial charge in [-0.2, -0.15) is 0 Å². The number of carbonyl (C=O) groups is 1. The summed E-state index contributed by atoms with van der Waals surface area (Å²) in [5.74, 6) is -0.135. The molecule has 0 saturated carbocycles. The van der Waals surface area contributed by atoms with E-state index in [1.807, 2.05) is 4.90 Å². The number of alkyl halides is 1. The number of hydrogen-bond donors (Lipinski definition) is 1. The number of rotatable bonds is 6. The summed E-state index contributed by atoms with van der Waals surface area (Å²) in [7, 11) is 0. The molecule has 1 heterocycles. The molecule has 1 aliphatic rings. The number of carboxylic acid groups (broad SMARTS) is 1. The third-order valence-corrected chi connectivity index (χ3v) is 2.87. The van der Waals surface area contributed by atoms with E-state index < -0.39 is 12.1 Å². The molecule has 0 aliphatic carbocycles. The van der Waals surface area contributed by atoms with E-state index in [-0.39, 0.29) is 6.42 Å². The van der Waals surface area contributed by atoms with Crippen LogP contribution in [0, 0.1) is 0 Å². The third-order valence-electron chi connectivity index (χ3n) is 2.87. The maximum atomic E-state index is 12.5. The van der Waals surface area contributed by atoms with Gasteiger partial charge in [0.1, 0.15) is 18.5 Å². The van der Waals surface area contributed by atoms with Crippen LogP contribution >= 0.6 is 0 Å². The van der Waals surface area contributed by atoms with Crippen molar-refractivity contribution >= 4 is 5.97 Å². The van der Waals surface area contributed by atoms with Gasteiger partial charge in [-0.05, 0) is 17.7 Å². The van der Waals surface area contributed by atoms with E-state index in [1.165, 1.54) is 0 Å². The molecule has 1 aromatic rings. The van der Waals surface area contributed by atoms with Crippen LogP contribution in [0.5, 0.6) is 5.75 Å². The Bertz CT molecular complexity index is 401. The summed E-state index contributed by atoms with van der Waals surface area (Å²) < 4.78 is 18.0. The Morgan fingerprint density at radius 2 is 2.06 bits per heavy atom. The zero-order valence-corrected chi connectivity index (χ0v) is 10.0. The Balaban J connectivity index is 1.71. The lowest BCUT2D eigenvalue weighted by atomic mass is 10.1. The zero-order chi connectivity index (χ0) is 13.0. The Kier molecular flexibility index (Phi) is 4.15. The summed E-state index contributed by atoms with van der Waals surface area (Å²) >= 11 is 0. The lowest BCUT2D eigenvalue weighted by molar-refractivity contribution is -0.136. The van der Waals surface area contributed by atoms with Gasteiger partial charge in [-0.3, -0.25) is 9.69 Å². The minimum atomic E-state index is -0.845. The van der Waals surface area contributed by atoms with Crippen LogP contribution in [-0.4, -0.2) is 48.4 Å². The first-order chi connectivity index (χ1) is 8.63. The summed E-state index contributed by atoms with van der Waals surface area (Å²) in [5.41, 5.74) is 0.748. The van der Waals surface area contributed by atoms with Crippen molar-refractivity contribution in [2.24, 2.45) is 0 Å². The molecule has 1 fully saturated rings. The van der Waals surface area contributed by atoms with Crippen molar-refractivity contribution in [3.63, 3.8) is 0 Å². The van der Waals surface area contributed by atoms with Crippen molar-refractivity contribution < 1.29 is 19.0 Å². The summed E-state index contributed by atoms with van der Waals surface area (Å²) in [4.78, 5) is 12.5. The predicted octanol–water partition coefficient (Wildman–Crippen LogP) is 1.35. The lowest BCUT2D eigenvalue weighted by Gasteiger charge is -2.33. The molecule has 0 radical (unpaired) electrons. The standard InChI is InChI=1S/C13H16FNO3/c14-11-8-15(9-11)5-6-18-12-3-1-10(2-4-12)7-13(16)17/h1-4,11H,5-9H2,(H,16,17). The first-order valence-corrected chi connectivity index (χ1v) is 5.93. The molecule has 0 unspecified atom stereocenters. The second kappa shape index (κ2) is 5.82. The normalized spacial score (nSPS) is 16.3. The fraction of sp³-hybridized carbons (Fsp3) is 0.462. The SMILES string of the molecule is O=C(O)Cc1ccc(OCCN2CC(F)C2)cc1.